The Hall–Kier alpha value is -2.95. The highest BCUT2D eigenvalue weighted by atomic mass is 35.5. The molecule has 4 aromatic rings. The lowest BCUT2D eigenvalue weighted by atomic mass is 10.0. The minimum atomic E-state index is -0.241. The first-order valence-electron chi connectivity index (χ1n) is 8.31. The van der Waals surface area contributed by atoms with E-state index in [0.717, 1.165) is 16.3 Å². The van der Waals surface area contributed by atoms with Gasteiger partial charge in [0.05, 0.1) is 14.2 Å². The van der Waals surface area contributed by atoms with Crippen LogP contribution in [0.3, 0.4) is 0 Å². The topological polar surface area (TPSA) is 49.9 Å². The average molecular weight is 392 g/mol. The first-order chi connectivity index (χ1) is 13.1. The van der Waals surface area contributed by atoms with Crippen molar-refractivity contribution >= 4 is 51.6 Å². The minimum absolute atomic E-state index is 0.217. The molecule has 0 spiro atoms. The molecule has 0 radical (unpaired) electrons. The quantitative estimate of drug-likeness (QED) is 0.541. The first kappa shape index (κ1) is 17.5. The Morgan fingerprint density at radius 1 is 0.963 bits per heavy atom. The molecule has 0 aliphatic heterocycles. The van der Waals surface area contributed by atoms with Crippen LogP contribution in [0.25, 0.3) is 22.9 Å². The van der Waals surface area contributed by atoms with Crippen molar-refractivity contribution in [3.05, 3.63) is 102 Å². The smallest absolute Gasteiger partial charge is 0.266 e. The molecule has 27 heavy (non-hydrogen) atoms. The lowest BCUT2D eigenvalue weighted by Gasteiger charge is -2.00. The number of thiazole rings is 1. The molecule has 0 aliphatic rings. The maximum atomic E-state index is 12.4. The second-order valence-electron chi connectivity index (χ2n) is 5.99. The molecule has 0 atom stereocenters. The molecule has 0 saturated heterocycles. The van der Waals surface area contributed by atoms with Crippen molar-refractivity contribution in [2.24, 2.45) is 0 Å². The number of rotatable bonds is 3. The molecule has 1 N–H and O–H groups in total. The summed E-state index contributed by atoms with van der Waals surface area (Å²) in [6.45, 7) is 0. The van der Waals surface area contributed by atoms with Gasteiger partial charge in [0.1, 0.15) is 0 Å². The van der Waals surface area contributed by atoms with Gasteiger partial charge in [-0.05, 0) is 34.5 Å². The summed E-state index contributed by atoms with van der Waals surface area (Å²) in [6.07, 6.45) is 3.26. The maximum Gasteiger partial charge on any atom is 0.266 e. The van der Waals surface area contributed by atoms with E-state index in [1.54, 1.807) is 24.3 Å². The van der Waals surface area contributed by atoms with Gasteiger partial charge in [-0.25, -0.2) is 0 Å². The molecule has 132 valence electrons. The lowest BCUT2D eigenvalue weighted by molar-refractivity contribution is 0.106. The summed E-state index contributed by atoms with van der Waals surface area (Å²) in [6, 6.07) is 20.8. The van der Waals surface area contributed by atoms with E-state index in [0.29, 0.717) is 19.8 Å². The number of benzene rings is 3. The third-order valence-corrected chi connectivity index (χ3v) is 5.48. The summed E-state index contributed by atoms with van der Waals surface area (Å²) in [4.78, 5) is 27.5. The number of Topliss-reactive ketones (excluding diaryl/α,β-unsaturated/α-hetero) is 1. The van der Waals surface area contributed by atoms with E-state index in [2.05, 4.69) is 4.98 Å². The van der Waals surface area contributed by atoms with Crippen LogP contribution in [0.2, 0.25) is 5.02 Å². The number of fused-ring (bicyclic) bond motifs is 1. The number of halogens is 1. The van der Waals surface area contributed by atoms with Gasteiger partial charge in [0.25, 0.3) is 5.56 Å². The summed E-state index contributed by atoms with van der Waals surface area (Å²) < 4.78 is 1.04. The van der Waals surface area contributed by atoms with Crippen LogP contribution >= 0.6 is 22.9 Å². The molecule has 0 unspecified atom stereocenters. The van der Waals surface area contributed by atoms with E-state index in [1.165, 1.54) is 17.4 Å². The Labute approximate surface area is 163 Å². The Balaban J connectivity index is 1.80. The van der Waals surface area contributed by atoms with Gasteiger partial charge in [0.2, 0.25) is 0 Å². The second kappa shape index (κ2) is 7.35. The fourth-order valence-electron chi connectivity index (χ4n) is 2.90. The predicted octanol–water partition coefficient (Wildman–Crippen LogP) is 3.74. The van der Waals surface area contributed by atoms with Gasteiger partial charge in [-0.15, -0.1) is 11.3 Å². The highest BCUT2D eigenvalue weighted by Gasteiger charge is 2.07. The second-order valence-corrected chi connectivity index (χ2v) is 7.48. The molecular weight excluding hydrogens is 378 g/mol. The zero-order valence-electron chi connectivity index (χ0n) is 14.1. The van der Waals surface area contributed by atoms with Gasteiger partial charge in [0, 0.05) is 11.6 Å². The molecule has 0 fully saturated rings. The fourth-order valence-corrected chi connectivity index (χ4v) is 4.00. The summed E-state index contributed by atoms with van der Waals surface area (Å²) in [5, 5.41) is 2.57. The first-order valence-corrected chi connectivity index (χ1v) is 9.50. The Kier molecular flexibility index (Phi) is 4.75. The monoisotopic (exact) mass is 391 g/mol. The molecular formula is C22H14ClNO2S. The van der Waals surface area contributed by atoms with Crippen molar-refractivity contribution in [3.63, 3.8) is 0 Å². The van der Waals surface area contributed by atoms with Crippen molar-refractivity contribution in [2.75, 3.05) is 0 Å². The molecule has 1 heterocycles. The number of hydrogen-bond donors (Lipinski definition) is 1. The lowest BCUT2D eigenvalue weighted by Crippen LogP contribution is -2.20. The number of carbonyl (C=O) groups excluding carboxylic acids is 1. The molecule has 3 aromatic carbocycles. The molecule has 4 rings (SSSR count). The Morgan fingerprint density at radius 3 is 2.56 bits per heavy atom. The standard InChI is InChI=1S/C22H14ClNO2S/c23-18-11-4-3-10-17(18)19(25)13-21-24-22(26)20(27-21)12-15-8-5-7-14-6-1-2-9-16(14)15/h1-13H,(H,24,26)/b20-12+,21-13+. The highest BCUT2D eigenvalue weighted by Crippen LogP contribution is 2.19. The van der Waals surface area contributed by atoms with E-state index in [-0.39, 0.29) is 11.3 Å². The van der Waals surface area contributed by atoms with Gasteiger partial charge in [-0.3, -0.25) is 9.59 Å². The van der Waals surface area contributed by atoms with Crippen LogP contribution in [0.5, 0.6) is 0 Å². The summed E-state index contributed by atoms with van der Waals surface area (Å²) in [5.74, 6) is -0.241. The van der Waals surface area contributed by atoms with Crippen LogP contribution in [0.4, 0.5) is 0 Å². The number of carbonyl (C=O) groups is 1. The van der Waals surface area contributed by atoms with Crippen molar-refractivity contribution in [2.45, 2.75) is 0 Å². The van der Waals surface area contributed by atoms with Gasteiger partial charge in [-0.2, -0.15) is 0 Å². The third-order valence-electron chi connectivity index (χ3n) is 4.19. The number of H-pyrrole nitrogens is 1. The fraction of sp³-hybridized carbons (Fsp3) is 0. The summed E-state index contributed by atoms with van der Waals surface area (Å²) in [7, 11) is 0. The van der Waals surface area contributed by atoms with Crippen molar-refractivity contribution in [1.82, 2.24) is 4.98 Å². The van der Waals surface area contributed by atoms with E-state index in [1.807, 2.05) is 48.5 Å². The minimum Gasteiger partial charge on any atom is -0.313 e. The zero-order valence-corrected chi connectivity index (χ0v) is 15.7. The number of aromatic nitrogens is 1. The number of nitrogens with one attached hydrogen (secondary N) is 1. The van der Waals surface area contributed by atoms with Crippen LogP contribution in [0.15, 0.2) is 71.5 Å². The summed E-state index contributed by atoms with van der Waals surface area (Å²) >= 11 is 7.32. The Bertz CT molecular complexity index is 1330. The molecule has 3 nitrogen and oxygen atoms in total. The van der Waals surface area contributed by atoms with Crippen molar-refractivity contribution in [3.8, 4) is 0 Å². The van der Waals surface area contributed by atoms with E-state index in [9.17, 15) is 9.59 Å². The van der Waals surface area contributed by atoms with Gasteiger partial charge in [0.15, 0.2) is 5.78 Å². The van der Waals surface area contributed by atoms with E-state index in [4.69, 9.17) is 11.6 Å². The van der Waals surface area contributed by atoms with Crippen molar-refractivity contribution in [1.29, 1.82) is 0 Å². The van der Waals surface area contributed by atoms with Gasteiger partial charge in [-0.1, -0.05) is 66.2 Å². The van der Waals surface area contributed by atoms with E-state index < -0.39 is 0 Å². The molecule has 0 aliphatic carbocycles. The van der Waals surface area contributed by atoms with Crippen molar-refractivity contribution < 1.29 is 4.79 Å². The van der Waals surface area contributed by atoms with Crippen LogP contribution in [0, 0.1) is 0 Å². The molecule has 0 amide bonds. The molecule has 1 aromatic heterocycles. The number of aromatic amines is 1. The van der Waals surface area contributed by atoms with Gasteiger partial charge < -0.3 is 4.98 Å². The molecule has 0 bridgehead atoms. The van der Waals surface area contributed by atoms with E-state index >= 15 is 0 Å². The third kappa shape index (κ3) is 3.63. The maximum absolute atomic E-state index is 12.4. The highest BCUT2D eigenvalue weighted by molar-refractivity contribution is 7.07. The van der Waals surface area contributed by atoms with Gasteiger partial charge >= 0.3 is 0 Å². The Morgan fingerprint density at radius 2 is 1.70 bits per heavy atom. The van der Waals surface area contributed by atoms with Crippen LogP contribution < -0.4 is 14.8 Å². The normalized spacial score (nSPS) is 12.6. The van der Waals surface area contributed by atoms with Crippen LogP contribution in [-0.2, 0) is 0 Å². The molecule has 0 saturated carbocycles. The SMILES string of the molecule is O=C(/C=c1\[nH]c(=O)/c(=C\c2cccc3ccccc23)s1)c1ccccc1Cl. The predicted molar refractivity (Wildman–Crippen MR) is 112 cm³/mol. The number of hydrogen-bond acceptors (Lipinski definition) is 3. The average Bonchev–Trinajstić information content (AvgIpc) is 3.01. The molecule has 5 heteroatoms. The zero-order chi connectivity index (χ0) is 18.8. The van der Waals surface area contributed by atoms with Crippen LogP contribution in [-0.4, -0.2) is 10.8 Å². The largest absolute Gasteiger partial charge is 0.313 e. The summed E-state index contributed by atoms with van der Waals surface area (Å²) in [5.41, 5.74) is 1.16. The van der Waals surface area contributed by atoms with Crippen LogP contribution in [0.1, 0.15) is 15.9 Å². The number of ketones is 1.